The lowest BCUT2D eigenvalue weighted by Gasteiger charge is -2.25. The molecular formula is C15H24N2O2. The van der Waals surface area contributed by atoms with E-state index in [1.807, 2.05) is 6.07 Å². The van der Waals surface area contributed by atoms with Gasteiger partial charge in [-0.2, -0.15) is 0 Å². The number of hydrogen-bond acceptors (Lipinski definition) is 4. The van der Waals surface area contributed by atoms with Crippen LogP contribution >= 0.6 is 0 Å². The molecule has 0 radical (unpaired) electrons. The molecule has 0 saturated heterocycles. The summed E-state index contributed by atoms with van der Waals surface area (Å²) >= 11 is 0. The number of fused-ring (bicyclic) bond motifs is 1. The van der Waals surface area contributed by atoms with Gasteiger partial charge in [-0.1, -0.05) is 13.0 Å². The Bertz CT molecular complexity index is 407. The maximum atomic E-state index is 5.76. The molecule has 1 atom stereocenters. The normalized spacial score (nSPS) is 16.2. The van der Waals surface area contributed by atoms with Crippen molar-refractivity contribution in [3.63, 3.8) is 0 Å². The van der Waals surface area contributed by atoms with Crippen molar-refractivity contribution in [3.05, 3.63) is 23.8 Å². The van der Waals surface area contributed by atoms with Gasteiger partial charge < -0.3 is 19.7 Å². The molecule has 0 amide bonds. The Balaban J connectivity index is 2.20. The Labute approximate surface area is 115 Å². The third-order valence-corrected chi connectivity index (χ3v) is 3.37. The van der Waals surface area contributed by atoms with Gasteiger partial charge in [0.25, 0.3) is 0 Å². The zero-order chi connectivity index (χ0) is 13.7. The van der Waals surface area contributed by atoms with Crippen molar-refractivity contribution < 1.29 is 9.47 Å². The molecule has 1 aliphatic heterocycles. The molecule has 19 heavy (non-hydrogen) atoms. The molecule has 0 aliphatic carbocycles. The van der Waals surface area contributed by atoms with E-state index in [1.54, 1.807) is 0 Å². The molecule has 1 heterocycles. The van der Waals surface area contributed by atoms with Gasteiger partial charge in [-0.3, -0.25) is 0 Å². The first-order valence-corrected chi connectivity index (χ1v) is 6.99. The molecule has 2 rings (SSSR count). The number of benzene rings is 1. The first kappa shape index (κ1) is 14.2. The summed E-state index contributed by atoms with van der Waals surface area (Å²) in [5, 5.41) is 3.41. The highest BCUT2D eigenvalue weighted by Gasteiger charge is 2.17. The quantitative estimate of drug-likeness (QED) is 0.882. The summed E-state index contributed by atoms with van der Waals surface area (Å²) in [4.78, 5) is 2.22. The van der Waals surface area contributed by atoms with E-state index in [4.69, 9.17) is 9.47 Å². The van der Waals surface area contributed by atoms with Crippen LogP contribution in [0.15, 0.2) is 18.2 Å². The first-order chi connectivity index (χ1) is 9.22. The Kier molecular flexibility index (Phi) is 5.05. The summed E-state index contributed by atoms with van der Waals surface area (Å²) in [6.07, 6.45) is 0.943. The molecule has 1 aromatic rings. The third-order valence-electron chi connectivity index (χ3n) is 3.37. The third kappa shape index (κ3) is 3.61. The number of hydrogen-bond donors (Lipinski definition) is 1. The number of ether oxygens (including phenoxy) is 2. The van der Waals surface area contributed by atoms with Crippen LogP contribution in [0, 0.1) is 0 Å². The van der Waals surface area contributed by atoms with E-state index in [2.05, 4.69) is 43.4 Å². The van der Waals surface area contributed by atoms with Crippen molar-refractivity contribution in [3.8, 4) is 11.5 Å². The highest BCUT2D eigenvalue weighted by molar-refractivity contribution is 5.44. The molecule has 0 saturated carbocycles. The summed E-state index contributed by atoms with van der Waals surface area (Å²) < 4.78 is 11.4. The number of rotatable bonds is 5. The summed E-state index contributed by atoms with van der Waals surface area (Å²) in [7, 11) is 4.20. The van der Waals surface area contributed by atoms with Crippen molar-refractivity contribution >= 4 is 0 Å². The van der Waals surface area contributed by atoms with E-state index in [0.29, 0.717) is 6.04 Å². The van der Waals surface area contributed by atoms with Gasteiger partial charge in [0.05, 0.1) is 13.2 Å². The molecule has 1 N–H and O–H groups in total. The van der Waals surface area contributed by atoms with Crippen molar-refractivity contribution in [1.29, 1.82) is 0 Å². The van der Waals surface area contributed by atoms with Gasteiger partial charge in [-0.15, -0.1) is 0 Å². The Morgan fingerprint density at radius 3 is 2.63 bits per heavy atom. The second-order valence-corrected chi connectivity index (χ2v) is 5.04. The topological polar surface area (TPSA) is 33.7 Å². The van der Waals surface area contributed by atoms with Crippen LogP contribution in [0.25, 0.3) is 0 Å². The van der Waals surface area contributed by atoms with Gasteiger partial charge >= 0.3 is 0 Å². The summed E-state index contributed by atoms with van der Waals surface area (Å²) in [5.74, 6) is 1.74. The standard InChI is InChI=1S/C15H24N2O2/c1-4-16-11-13(17(2)3)12-6-7-14-15(10-12)19-9-5-8-18-14/h6-7,10,13,16H,4-5,8-9,11H2,1-3H3. The van der Waals surface area contributed by atoms with Crippen LogP contribution in [0.4, 0.5) is 0 Å². The zero-order valence-electron chi connectivity index (χ0n) is 12.1. The number of nitrogens with zero attached hydrogens (tertiary/aromatic N) is 1. The molecule has 1 aliphatic rings. The molecule has 0 bridgehead atoms. The predicted molar refractivity (Wildman–Crippen MR) is 77.0 cm³/mol. The van der Waals surface area contributed by atoms with Crippen molar-refractivity contribution in [2.24, 2.45) is 0 Å². The van der Waals surface area contributed by atoms with Crippen LogP contribution in [0.3, 0.4) is 0 Å². The molecule has 1 unspecified atom stereocenters. The van der Waals surface area contributed by atoms with E-state index >= 15 is 0 Å². The van der Waals surface area contributed by atoms with Crippen molar-refractivity contribution in [1.82, 2.24) is 10.2 Å². The minimum absolute atomic E-state index is 0.345. The Morgan fingerprint density at radius 1 is 1.21 bits per heavy atom. The van der Waals surface area contributed by atoms with E-state index in [1.165, 1.54) is 5.56 Å². The second-order valence-electron chi connectivity index (χ2n) is 5.04. The minimum Gasteiger partial charge on any atom is -0.490 e. The Hall–Kier alpha value is -1.26. The van der Waals surface area contributed by atoms with Crippen molar-refractivity contribution in [2.75, 3.05) is 40.4 Å². The number of nitrogens with one attached hydrogen (secondary N) is 1. The molecule has 106 valence electrons. The molecule has 0 spiro atoms. The van der Waals surface area contributed by atoms with Crippen molar-refractivity contribution in [2.45, 2.75) is 19.4 Å². The highest BCUT2D eigenvalue weighted by atomic mass is 16.5. The van der Waals surface area contributed by atoms with E-state index in [9.17, 15) is 0 Å². The molecule has 0 aromatic heterocycles. The van der Waals surface area contributed by atoms with Crippen LogP contribution < -0.4 is 14.8 Å². The fraction of sp³-hybridized carbons (Fsp3) is 0.600. The lowest BCUT2D eigenvalue weighted by Crippen LogP contribution is -2.30. The fourth-order valence-electron chi connectivity index (χ4n) is 2.27. The SMILES string of the molecule is CCNCC(c1ccc2c(c1)OCCCO2)N(C)C. The maximum Gasteiger partial charge on any atom is 0.161 e. The van der Waals surface area contributed by atoms with Crippen LogP contribution in [0.2, 0.25) is 0 Å². The molecule has 1 aromatic carbocycles. The van der Waals surface area contributed by atoms with Crippen LogP contribution in [0.1, 0.15) is 24.9 Å². The van der Waals surface area contributed by atoms with E-state index < -0.39 is 0 Å². The maximum absolute atomic E-state index is 5.76. The predicted octanol–water partition coefficient (Wildman–Crippen LogP) is 2.06. The largest absolute Gasteiger partial charge is 0.490 e. The van der Waals surface area contributed by atoms with Crippen LogP contribution in [-0.4, -0.2) is 45.3 Å². The monoisotopic (exact) mass is 264 g/mol. The lowest BCUT2D eigenvalue weighted by molar-refractivity contribution is 0.287. The molecule has 0 fully saturated rings. The van der Waals surface area contributed by atoms with E-state index in [0.717, 1.165) is 44.2 Å². The molecular weight excluding hydrogens is 240 g/mol. The van der Waals surface area contributed by atoms with Gasteiger partial charge in [-0.25, -0.2) is 0 Å². The molecule has 4 heteroatoms. The zero-order valence-corrected chi connectivity index (χ0v) is 12.1. The van der Waals surface area contributed by atoms with Gasteiger partial charge in [0.15, 0.2) is 11.5 Å². The lowest BCUT2D eigenvalue weighted by atomic mass is 10.1. The second kappa shape index (κ2) is 6.78. The summed E-state index contributed by atoms with van der Waals surface area (Å²) in [6, 6.07) is 6.62. The highest BCUT2D eigenvalue weighted by Crippen LogP contribution is 2.33. The fourth-order valence-corrected chi connectivity index (χ4v) is 2.27. The van der Waals surface area contributed by atoms with Gasteiger partial charge in [0, 0.05) is 19.0 Å². The minimum atomic E-state index is 0.345. The summed E-state index contributed by atoms with van der Waals surface area (Å²) in [6.45, 7) is 5.51. The molecule has 4 nitrogen and oxygen atoms in total. The van der Waals surface area contributed by atoms with Gasteiger partial charge in [-0.05, 0) is 38.3 Å². The van der Waals surface area contributed by atoms with Gasteiger partial charge in [0.1, 0.15) is 0 Å². The Morgan fingerprint density at radius 2 is 1.95 bits per heavy atom. The first-order valence-electron chi connectivity index (χ1n) is 6.99. The van der Waals surface area contributed by atoms with Crippen LogP contribution in [0.5, 0.6) is 11.5 Å². The van der Waals surface area contributed by atoms with E-state index in [-0.39, 0.29) is 0 Å². The average Bonchev–Trinajstić information content (AvgIpc) is 2.63. The van der Waals surface area contributed by atoms with Crippen LogP contribution in [-0.2, 0) is 0 Å². The average molecular weight is 264 g/mol. The van der Waals surface area contributed by atoms with Gasteiger partial charge in [0.2, 0.25) is 0 Å². The summed E-state index contributed by atoms with van der Waals surface area (Å²) in [5.41, 5.74) is 1.26. The smallest absolute Gasteiger partial charge is 0.161 e. The number of likely N-dealkylation sites (N-methyl/N-ethyl adjacent to an activating group) is 2.